The van der Waals surface area contributed by atoms with Crippen molar-refractivity contribution in [1.82, 2.24) is 20.0 Å². The predicted molar refractivity (Wildman–Crippen MR) is 96.2 cm³/mol. The molecule has 24 heavy (non-hydrogen) atoms. The molecule has 0 fully saturated rings. The monoisotopic (exact) mass is 314 g/mol. The van der Waals surface area contributed by atoms with Crippen molar-refractivity contribution in [2.24, 2.45) is 0 Å². The molecule has 4 aromatic rings. The Labute approximate surface area is 140 Å². The van der Waals surface area contributed by atoms with Crippen LogP contribution in [0.1, 0.15) is 25.3 Å². The highest BCUT2D eigenvalue weighted by Gasteiger charge is 2.16. The van der Waals surface area contributed by atoms with Gasteiger partial charge in [0.25, 0.3) is 0 Å². The molecule has 0 spiro atoms. The summed E-state index contributed by atoms with van der Waals surface area (Å²) >= 11 is 0. The lowest BCUT2D eigenvalue weighted by atomic mass is 10.1. The Morgan fingerprint density at radius 3 is 2.38 bits per heavy atom. The fraction of sp³-hybridized carbons (Fsp3) is 0.150. The molecule has 0 aliphatic heterocycles. The third-order valence-electron chi connectivity index (χ3n) is 4.19. The first-order valence-corrected chi connectivity index (χ1v) is 8.10. The number of nitrogens with zero attached hydrogens (tertiary/aromatic N) is 4. The molecule has 0 radical (unpaired) electrons. The quantitative estimate of drug-likeness (QED) is 0.555. The molecule has 2 aromatic carbocycles. The third-order valence-corrected chi connectivity index (χ3v) is 4.19. The average Bonchev–Trinajstić information content (AvgIpc) is 3.11. The second kappa shape index (κ2) is 5.89. The van der Waals surface area contributed by atoms with Gasteiger partial charge in [-0.1, -0.05) is 62.4 Å². The van der Waals surface area contributed by atoms with E-state index in [1.165, 1.54) is 5.56 Å². The lowest BCUT2D eigenvalue weighted by Crippen LogP contribution is -2.03. The molecule has 4 rings (SSSR count). The van der Waals surface area contributed by atoms with Crippen LogP contribution >= 0.6 is 0 Å². The minimum Gasteiger partial charge on any atom is -0.238 e. The second-order valence-corrected chi connectivity index (χ2v) is 6.15. The Hall–Kier alpha value is -3.01. The van der Waals surface area contributed by atoms with Crippen molar-refractivity contribution in [2.45, 2.75) is 19.8 Å². The van der Waals surface area contributed by atoms with Gasteiger partial charge in [-0.15, -0.1) is 10.2 Å². The zero-order chi connectivity index (χ0) is 16.5. The Bertz CT molecular complexity index is 987. The molecular weight excluding hydrogens is 296 g/mol. The van der Waals surface area contributed by atoms with E-state index in [2.05, 4.69) is 53.5 Å². The molecule has 0 unspecified atom stereocenters. The van der Waals surface area contributed by atoms with Crippen LogP contribution < -0.4 is 0 Å². The van der Waals surface area contributed by atoms with Gasteiger partial charge in [0, 0.05) is 17.1 Å². The molecule has 0 saturated heterocycles. The molecule has 4 heteroatoms. The topological polar surface area (TPSA) is 43.6 Å². The van der Waals surface area contributed by atoms with Gasteiger partial charge in [0.15, 0.2) is 0 Å². The maximum Gasteiger partial charge on any atom is 0.119 e. The number of hydrogen-bond donors (Lipinski definition) is 0. The van der Waals surface area contributed by atoms with E-state index < -0.39 is 0 Å². The van der Waals surface area contributed by atoms with Gasteiger partial charge in [0.05, 0.1) is 11.7 Å². The molecule has 4 nitrogen and oxygen atoms in total. The van der Waals surface area contributed by atoms with Crippen molar-refractivity contribution >= 4 is 10.9 Å². The summed E-state index contributed by atoms with van der Waals surface area (Å²) in [5.41, 5.74) is 4.92. The van der Waals surface area contributed by atoms with E-state index in [9.17, 15) is 0 Å². The van der Waals surface area contributed by atoms with Crippen LogP contribution in [0, 0.1) is 0 Å². The van der Waals surface area contributed by atoms with E-state index in [1.54, 1.807) is 0 Å². The van der Waals surface area contributed by atoms with Gasteiger partial charge < -0.3 is 0 Å². The molecular formula is C20H18N4. The third kappa shape index (κ3) is 2.46. The molecule has 0 aliphatic rings. The van der Waals surface area contributed by atoms with Crippen LogP contribution in [0.15, 0.2) is 67.0 Å². The first-order chi connectivity index (χ1) is 11.7. The van der Waals surface area contributed by atoms with E-state index in [-0.39, 0.29) is 0 Å². The van der Waals surface area contributed by atoms with Gasteiger partial charge in [-0.2, -0.15) is 5.10 Å². The van der Waals surface area contributed by atoms with Gasteiger partial charge in [-0.3, -0.25) is 0 Å². The van der Waals surface area contributed by atoms with Gasteiger partial charge >= 0.3 is 0 Å². The molecule has 2 aromatic heterocycles. The minimum absolute atomic E-state index is 0.431. The van der Waals surface area contributed by atoms with Crippen LogP contribution in [-0.4, -0.2) is 20.0 Å². The number of aromatic nitrogens is 4. The van der Waals surface area contributed by atoms with E-state index in [4.69, 9.17) is 0 Å². The lowest BCUT2D eigenvalue weighted by molar-refractivity contribution is 0.857. The van der Waals surface area contributed by atoms with Gasteiger partial charge in [-0.25, -0.2) is 4.68 Å². The van der Waals surface area contributed by atoms with Crippen LogP contribution in [0.3, 0.4) is 0 Å². The van der Waals surface area contributed by atoms with Crippen molar-refractivity contribution in [3.8, 4) is 16.9 Å². The highest BCUT2D eigenvalue weighted by molar-refractivity contribution is 5.92. The van der Waals surface area contributed by atoms with Crippen molar-refractivity contribution in [2.75, 3.05) is 0 Å². The summed E-state index contributed by atoms with van der Waals surface area (Å²) in [6.45, 7) is 4.34. The number of fused-ring (bicyclic) bond motifs is 1. The molecule has 0 amide bonds. The van der Waals surface area contributed by atoms with Crippen LogP contribution in [-0.2, 0) is 0 Å². The molecule has 0 bridgehead atoms. The summed E-state index contributed by atoms with van der Waals surface area (Å²) in [6, 6.07) is 18.2. The lowest BCUT2D eigenvalue weighted by Gasteiger charge is -2.11. The first-order valence-electron chi connectivity index (χ1n) is 8.10. The molecule has 0 N–H and O–H groups in total. The Balaban J connectivity index is 2.02. The maximum absolute atomic E-state index is 4.59. The highest BCUT2D eigenvalue weighted by atomic mass is 15.3. The fourth-order valence-corrected chi connectivity index (χ4v) is 2.82. The molecule has 118 valence electrons. The summed E-state index contributed by atoms with van der Waals surface area (Å²) in [5, 5.41) is 14.5. The maximum atomic E-state index is 4.59. The van der Waals surface area contributed by atoms with E-state index in [0.29, 0.717) is 5.92 Å². The smallest absolute Gasteiger partial charge is 0.119 e. The molecule has 0 aliphatic carbocycles. The number of hydrogen-bond acceptors (Lipinski definition) is 3. The fourth-order valence-electron chi connectivity index (χ4n) is 2.82. The first kappa shape index (κ1) is 14.6. The standard InChI is InChI=1S/C20H18N4/c1-14(2)16-12-21-24(13-16)20-17-10-6-7-11-18(17)22-23-19(20)15-8-4-3-5-9-15/h3-14H,1-2H3. The second-order valence-electron chi connectivity index (χ2n) is 6.15. The van der Waals surface area contributed by atoms with Gasteiger partial charge in [0.2, 0.25) is 0 Å². The molecule has 0 saturated carbocycles. The van der Waals surface area contributed by atoms with Crippen LogP contribution in [0.25, 0.3) is 27.8 Å². The highest BCUT2D eigenvalue weighted by Crippen LogP contribution is 2.30. The van der Waals surface area contributed by atoms with E-state index in [1.807, 2.05) is 47.3 Å². The summed E-state index contributed by atoms with van der Waals surface area (Å²) in [5.74, 6) is 0.431. The largest absolute Gasteiger partial charge is 0.238 e. The average molecular weight is 314 g/mol. The SMILES string of the molecule is CC(C)c1cnn(-c2c(-c3ccccc3)nnc3ccccc23)c1. The Kier molecular flexibility index (Phi) is 3.58. The van der Waals surface area contributed by atoms with Crippen molar-refractivity contribution in [3.63, 3.8) is 0 Å². The zero-order valence-corrected chi connectivity index (χ0v) is 13.7. The van der Waals surface area contributed by atoms with Crippen molar-refractivity contribution in [3.05, 3.63) is 72.6 Å². The van der Waals surface area contributed by atoms with Gasteiger partial charge in [0.1, 0.15) is 11.4 Å². The number of benzene rings is 2. The van der Waals surface area contributed by atoms with Crippen molar-refractivity contribution in [1.29, 1.82) is 0 Å². The zero-order valence-electron chi connectivity index (χ0n) is 13.7. The minimum atomic E-state index is 0.431. The summed E-state index contributed by atoms with van der Waals surface area (Å²) in [4.78, 5) is 0. The van der Waals surface area contributed by atoms with Crippen molar-refractivity contribution < 1.29 is 0 Å². The van der Waals surface area contributed by atoms with Crippen LogP contribution in [0.5, 0.6) is 0 Å². The Morgan fingerprint density at radius 1 is 0.875 bits per heavy atom. The predicted octanol–water partition coefficient (Wildman–Crippen LogP) is 4.61. The molecule has 2 heterocycles. The number of rotatable bonds is 3. The van der Waals surface area contributed by atoms with Crippen LogP contribution in [0.2, 0.25) is 0 Å². The molecule has 0 atom stereocenters. The summed E-state index contributed by atoms with van der Waals surface area (Å²) < 4.78 is 1.93. The Morgan fingerprint density at radius 2 is 1.62 bits per heavy atom. The van der Waals surface area contributed by atoms with Gasteiger partial charge in [-0.05, 0) is 17.5 Å². The normalized spacial score (nSPS) is 11.3. The van der Waals surface area contributed by atoms with E-state index >= 15 is 0 Å². The van der Waals surface area contributed by atoms with E-state index in [0.717, 1.165) is 27.8 Å². The summed E-state index contributed by atoms with van der Waals surface area (Å²) in [6.07, 6.45) is 4.01. The van der Waals surface area contributed by atoms with Crippen LogP contribution in [0.4, 0.5) is 0 Å². The summed E-state index contributed by atoms with van der Waals surface area (Å²) in [7, 11) is 0.